The van der Waals surface area contributed by atoms with Crippen molar-refractivity contribution in [3.8, 4) is 16.8 Å². The number of fused-ring (bicyclic) bond motifs is 1. The summed E-state index contributed by atoms with van der Waals surface area (Å²) < 4.78 is 2.25. The Morgan fingerprint density at radius 1 is 1.08 bits per heavy atom. The predicted molar refractivity (Wildman–Crippen MR) is 103 cm³/mol. The number of nitrogens with zero attached hydrogens (tertiary/aromatic N) is 3. The first-order valence-electron chi connectivity index (χ1n) is 8.16. The maximum absolute atomic E-state index is 9.16. The molecule has 2 aromatic heterocycles. The first kappa shape index (κ1) is 15.6. The van der Waals surface area contributed by atoms with Gasteiger partial charge in [-0.1, -0.05) is 18.2 Å². The van der Waals surface area contributed by atoms with Crippen LogP contribution in [0.3, 0.4) is 0 Å². The Kier molecular flexibility index (Phi) is 3.87. The molecule has 2 heterocycles. The highest BCUT2D eigenvalue weighted by Gasteiger charge is 2.15. The van der Waals surface area contributed by atoms with Crippen molar-refractivity contribution < 1.29 is 0 Å². The van der Waals surface area contributed by atoms with Gasteiger partial charge in [-0.3, -0.25) is 0 Å². The second-order valence-corrected chi connectivity index (χ2v) is 7.18. The maximum atomic E-state index is 9.16. The molecule has 0 spiro atoms. The molecule has 0 unspecified atom stereocenters. The number of imidazole rings is 1. The van der Waals surface area contributed by atoms with Gasteiger partial charge in [0.1, 0.15) is 0 Å². The summed E-state index contributed by atoms with van der Waals surface area (Å²) in [7, 11) is 0. The number of hydrogen-bond acceptors (Lipinski definition) is 3. The first-order chi connectivity index (χ1) is 12.2. The molecule has 4 rings (SSSR count). The first-order valence-corrected chi connectivity index (χ1v) is 9.04. The van der Waals surface area contributed by atoms with Gasteiger partial charge in [0.25, 0.3) is 0 Å². The lowest BCUT2D eigenvalue weighted by molar-refractivity contribution is 0.835. The Labute approximate surface area is 150 Å². The lowest BCUT2D eigenvalue weighted by Crippen LogP contribution is -2.02. The third-order valence-corrected chi connectivity index (χ3v) is 5.37. The normalized spacial score (nSPS) is 10.9. The van der Waals surface area contributed by atoms with E-state index in [4.69, 9.17) is 10.2 Å². The van der Waals surface area contributed by atoms with E-state index >= 15 is 0 Å². The molecule has 0 aliphatic carbocycles. The second kappa shape index (κ2) is 6.19. The molecule has 0 saturated carbocycles. The van der Waals surface area contributed by atoms with Crippen LogP contribution in [-0.2, 0) is 6.54 Å². The Balaban J connectivity index is 1.92. The van der Waals surface area contributed by atoms with Crippen molar-refractivity contribution in [1.29, 1.82) is 5.26 Å². The van der Waals surface area contributed by atoms with Gasteiger partial charge >= 0.3 is 0 Å². The van der Waals surface area contributed by atoms with Gasteiger partial charge in [-0.05, 0) is 66.2 Å². The zero-order chi connectivity index (χ0) is 17.4. The summed E-state index contributed by atoms with van der Waals surface area (Å²) >= 11 is 1.70. The topological polar surface area (TPSA) is 41.6 Å². The van der Waals surface area contributed by atoms with Crippen molar-refractivity contribution in [2.24, 2.45) is 0 Å². The fourth-order valence-corrected chi connectivity index (χ4v) is 3.78. The van der Waals surface area contributed by atoms with Gasteiger partial charge in [-0.25, -0.2) is 4.98 Å². The summed E-state index contributed by atoms with van der Waals surface area (Å²) in [6, 6.07) is 18.5. The lowest BCUT2D eigenvalue weighted by Gasteiger charge is -2.10. The van der Waals surface area contributed by atoms with Crippen LogP contribution < -0.4 is 0 Å². The van der Waals surface area contributed by atoms with Gasteiger partial charge in [0, 0.05) is 6.54 Å². The van der Waals surface area contributed by atoms with Gasteiger partial charge in [0.15, 0.2) is 5.82 Å². The predicted octanol–water partition coefficient (Wildman–Crippen LogP) is 5.30. The molecule has 0 atom stereocenters. The number of hydrogen-bond donors (Lipinski definition) is 0. The highest BCUT2D eigenvalue weighted by atomic mass is 32.1. The Morgan fingerprint density at radius 2 is 1.92 bits per heavy atom. The number of aryl methyl sites for hydroxylation is 2. The number of nitriles is 1. The third kappa shape index (κ3) is 2.84. The average molecular weight is 343 g/mol. The Bertz CT molecular complexity index is 1100. The molecule has 25 heavy (non-hydrogen) atoms. The van der Waals surface area contributed by atoms with Crippen LogP contribution in [-0.4, -0.2) is 9.55 Å². The van der Waals surface area contributed by atoms with Crippen LogP contribution in [0.1, 0.15) is 22.3 Å². The maximum Gasteiger partial charge on any atom is 0.151 e. The second-order valence-electron chi connectivity index (χ2n) is 6.24. The zero-order valence-electron chi connectivity index (χ0n) is 14.2. The molecule has 3 nitrogen and oxygen atoms in total. The fraction of sp³-hybridized carbons (Fsp3) is 0.143. The van der Waals surface area contributed by atoms with Crippen molar-refractivity contribution in [2.75, 3.05) is 0 Å². The van der Waals surface area contributed by atoms with E-state index in [1.165, 1.54) is 11.1 Å². The fourth-order valence-electron chi connectivity index (χ4n) is 3.06. The molecule has 122 valence electrons. The van der Waals surface area contributed by atoms with Crippen molar-refractivity contribution >= 4 is 22.4 Å². The van der Waals surface area contributed by atoms with Crippen LogP contribution in [0, 0.1) is 25.2 Å². The molecular formula is C21H17N3S. The van der Waals surface area contributed by atoms with Gasteiger partial charge in [-0.2, -0.15) is 5.26 Å². The molecule has 0 amide bonds. The monoisotopic (exact) mass is 343 g/mol. The number of rotatable bonds is 3. The Hall–Kier alpha value is -2.90. The van der Waals surface area contributed by atoms with Crippen LogP contribution in [0.15, 0.2) is 53.9 Å². The molecule has 0 aliphatic rings. The number of benzene rings is 2. The van der Waals surface area contributed by atoms with Crippen molar-refractivity contribution in [1.82, 2.24) is 9.55 Å². The minimum Gasteiger partial charge on any atom is -0.319 e. The van der Waals surface area contributed by atoms with E-state index in [1.807, 2.05) is 18.2 Å². The zero-order valence-corrected chi connectivity index (χ0v) is 15.0. The van der Waals surface area contributed by atoms with E-state index in [2.05, 4.69) is 60.2 Å². The van der Waals surface area contributed by atoms with E-state index in [1.54, 1.807) is 11.3 Å². The number of aromatic nitrogens is 2. The van der Waals surface area contributed by atoms with Crippen molar-refractivity contribution in [3.05, 3.63) is 76.2 Å². The van der Waals surface area contributed by atoms with Gasteiger partial charge in [0.05, 0.1) is 27.5 Å². The largest absolute Gasteiger partial charge is 0.319 e. The Morgan fingerprint density at radius 3 is 2.68 bits per heavy atom. The summed E-state index contributed by atoms with van der Waals surface area (Å²) in [5.74, 6) is 0.984. The van der Waals surface area contributed by atoms with Crippen LogP contribution in [0.25, 0.3) is 21.7 Å². The average Bonchev–Trinajstić information content (AvgIpc) is 3.25. The minimum absolute atomic E-state index is 0.687. The SMILES string of the molecule is Cc1cc2nc(-c3cccs3)n(Cc3cccc(C#N)c3)c2cc1C. The van der Waals surface area contributed by atoms with Crippen LogP contribution in [0.4, 0.5) is 0 Å². The van der Waals surface area contributed by atoms with E-state index < -0.39 is 0 Å². The van der Waals surface area contributed by atoms with E-state index in [9.17, 15) is 0 Å². The van der Waals surface area contributed by atoms with Crippen LogP contribution in [0.2, 0.25) is 0 Å². The van der Waals surface area contributed by atoms with E-state index in [0.717, 1.165) is 27.3 Å². The summed E-state index contributed by atoms with van der Waals surface area (Å²) in [5, 5.41) is 11.2. The molecule has 4 heteroatoms. The molecule has 0 bridgehead atoms. The highest BCUT2D eigenvalue weighted by Crippen LogP contribution is 2.30. The van der Waals surface area contributed by atoms with Gasteiger partial charge < -0.3 is 4.57 Å². The van der Waals surface area contributed by atoms with E-state index in [0.29, 0.717) is 12.1 Å². The molecule has 4 aromatic rings. The molecule has 0 aliphatic heterocycles. The van der Waals surface area contributed by atoms with Crippen molar-refractivity contribution in [3.63, 3.8) is 0 Å². The van der Waals surface area contributed by atoms with Crippen molar-refractivity contribution in [2.45, 2.75) is 20.4 Å². The molecule has 0 N–H and O–H groups in total. The summed E-state index contributed by atoms with van der Waals surface area (Å²) in [5.41, 5.74) is 6.45. The molecule has 0 fully saturated rings. The van der Waals surface area contributed by atoms with Crippen LogP contribution >= 0.6 is 11.3 Å². The number of thiophene rings is 1. The minimum atomic E-state index is 0.687. The smallest absolute Gasteiger partial charge is 0.151 e. The standard InChI is InChI=1S/C21H17N3S/c1-14-9-18-19(10-15(14)2)24(21(23-18)20-7-4-8-25-20)13-17-6-3-5-16(11-17)12-22/h3-11H,13H2,1-2H3. The molecule has 2 aromatic carbocycles. The lowest BCUT2D eigenvalue weighted by atomic mass is 10.1. The highest BCUT2D eigenvalue weighted by molar-refractivity contribution is 7.13. The molecule has 0 radical (unpaired) electrons. The quantitative estimate of drug-likeness (QED) is 0.506. The van der Waals surface area contributed by atoms with E-state index in [-0.39, 0.29) is 0 Å². The van der Waals surface area contributed by atoms with Crippen LogP contribution in [0.5, 0.6) is 0 Å². The van der Waals surface area contributed by atoms with Gasteiger partial charge in [-0.15, -0.1) is 11.3 Å². The summed E-state index contributed by atoms with van der Waals surface area (Å²) in [6.07, 6.45) is 0. The van der Waals surface area contributed by atoms with Gasteiger partial charge in [0.2, 0.25) is 0 Å². The third-order valence-electron chi connectivity index (χ3n) is 4.50. The molecular weight excluding hydrogens is 326 g/mol. The summed E-state index contributed by atoms with van der Waals surface area (Å²) in [4.78, 5) is 6.06. The molecule has 0 saturated heterocycles. The summed E-state index contributed by atoms with van der Waals surface area (Å²) in [6.45, 7) is 4.95.